The Kier molecular flexibility index (Phi) is 13.0. The highest BCUT2D eigenvalue weighted by Gasteiger charge is 2.32. The summed E-state index contributed by atoms with van der Waals surface area (Å²) in [5.41, 5.74) is 0.261. The maximum atomic E-state index is 13.4. The van der Waals surface area contributed by atoms with Crippen molar-refractivity contribution in [2.24, 2.45) is 0 Å². The van der Waals surface area contributed by atoms with Crippen LogP contribution >= 0.6 is 0 Å². The number of rotatable bonds is 13. The number of ether oxygens (including phenoxy) is 2. The lowest BCUT2D eigenvalue weighted by atomic mass is 10.1. The number of amides is 4. The molecule has 0 spiro atoms. The topological polar surface area (TPSA) is 135 Å². The van der Waals surface area contributed by atoms with Crippen LogP contribution in [0.2, 0.25) is 0 Å². The Bertz CT molecular complexity index is 1190. The van der Waals surface area contributed by atoms with Gasteiger partial charge < -0.3 is 30.7 Å². The first-order valence-electron chi connectivity index (χ1n) is 14.3. The van der Waals surface area contributed by atoms with Crippen LogP contribution in [0.25, 0.3) is 0 Å². The Morgan fingerprint density at radius 1 is 0.690 bits per heavy atom. The molecule has 0 heterocycles. The molecule has 2 aromatic carbocycles. The molecular weight excluding hydrogens is 536 g/mol. The second-order valence-electron chi connectivity index (χ2n) is 12.1. The molecule has 0 aromatic heterocycles. The lowest BCUT2D eigenvalue weighted by Gasteiger charge is -2.31. The van der Waals surface area contributed by atoms with Gasteiger partial charge in [0.2, 0.25) is 17.7 Å². The first-order valence-corrected chi connectivity index (χ1v) is 14.3. The molecule has 0 unspecified atom stereocenters. The first-order chi connectivity index (χ1) is 19.6. The molecule has 2 rings (SSSR count). The van der Waals surface area contributed by atoms with Crippen LogP contribution < -0.4 is 21.3 Å². The van der Waals surface area contributed by atoms with E-state index in [1.807, 2.05) is 51.1 Å². The van der Waals surface area contributed by atoms with Gasteiger partial charge in [0, 0.05) is 18.5 Å². The van der Waals surface area contributed by atoms with Gasteiger partial charge in [-0.15, -0.1) is 0 Å². The van der Waals surface area contributed by atoms with Crippen LogP contribution in [0.5, 0.6) is 0 Å². The van der Waals surface area contributed by atoms with E-state index >= 15 is 0 Å². The lowest BCUT2D eigenvalue weighted by molar-refractivity contribution is -0.126. The number of carbonyl (C=O) groups is 4. The lowest BCUT2D eigenvalue weighted by Crippen LogP contribution is -2.53. The van der Waals surface area contributed by atoms with Gasteiger partial charge in [-0.3, -0.25) is 14.4 Å². The molecule has 4 N–H and O–H groups in total. The third kappa shape index (κ3) is 13.6. The predicted octanol–water partition coefficient (Wildman–Crippen LogP) is 6.25. The number of benzene rings is 2. The van der Waals surface area contributed by atoms with Crippen LogP contribution in [0.4, 0.5) is 21.9 Å². The van der Waals surface area contributed by atoms with Gasteiger partial charge in [0.05, 0.1) is 23.1 Å². The molecule has 0 radical (unpaired) electrons. The van der Waals surface area contributed by atoms with Crippen molar-refractivity contribution in [3.63, 3.8) is 0 Å². The van der Waals surface area contributed by atoms with E-state index in [-0.39, 0.29) is 18.2 Å². The summed E-state index contributed by atoms with van der Waals surface area (Å²) < 4.78 is 11.3. The molecule has 10 nitrogen and oxygen atoms in total. The summed E-state index contributed by atoms with van der Waals surface area (Å²) in [6.07, 6.45) is 1.21. The second-order valence-corrected chi connectivity index (χ2v) is 12.1. The number of nitrogens with one attached hydrogen (secondary N) is 4. The summed E-state index contributed by atoms with van der Waals surface area (Å²) in [5.74, 6) is -0.789. The van der Waals surface area contributed by atoms with E-state index < -0.39 is 35.3 Å². The minimum absolute atomic E-state index is 0.0583. The zero-order valence-corrected chi connectivity index (χ0v) is 25.8. The summed E-state index contributed by atoms with van der Waals surface area (Å²) >= 11 is 0. The average molecular weight is 583 g/mol. The van der Waals surface area contributed by atoms with Gasteiger partial charge in [-0.25, -0.2) is 4.79 Å². The highest BCUT2D eigenvalue weighted by atomic mass is 16.6. The average Bonchev–Trinajstić information content (AvgIpc) is 2.86. The van der Waals surface area contributed by atoms with Gasteiger partial charge in [-0.1, -0.05) is 36.8 Å². The molecule has 0 saturated carbocycles. The summed E-state index contributed by atoms with van der Waals surface area (Å²) in [5, 5.41) is 11.1. The number of hydrogen-bond acceptors (Lipinski definition) is 6. The molecule has 0 aliphatic rings. The Hall–Kier alpha value is -3.92. The number of anilines is 3. The van der Waals surface area contributed by atoms with E-state index in [0.29, 0.717) is 30.6 Å². The van der Waals surface area contributed by atoms with Crippen LogP contribution in [-0.4, -0.2) is 47.2 Å². The van der Waals surface area contributed by atoms with Gasteiger partial charge >= 0.3 is 6.09 Å². The van der Waals surface area contributed by atoms with Crippen molar-refractivity contribution < 1.29 is 28.7 Å². The number of carbonyl (C=O) groups excluding carboxylic acids is 4. The third-order valence-corrected chi connectivity index (χ3v) is 5.79. The van der Waals surface area contributed by atoms with Crippen LogP contribution in [0, 0.1) is 0 Å². The number of alkyl carbamates (subject to hydrolysis) is 1. The standard InChI is InChI=1S/C32H46N4O6/c1-22(41-31(2,3)4)28(36-30(40)42-32(5,6)7)29(39)35-25-19-15-14-18-24(25)34-27(38)21-13-9-12-20-26(37)33-23-16-10-8-11-17-23/h8,10-11,14-19,22,28H,9,12-13,20-21H2,1-7H3,(H,33,37)(H,34,38)(H,35,39)(H,36,40)/t22-,28+/m1/s1. The molecule has 2 aromatic rings. The molecule has 0 bridgehead atoms. The van der Waals surface area contributed by atoms with Crippen molar-refractivity contribution in [1.29, 1.82) is 0 Å². The van der Waals surface area contributed by atoms with Crippen molar-refractivity contribution in [2.75, 3.05) is 16.0 Å². The monoisotopic (exact) mass is 582 g/mol. The van der Waals surface area contributed by atoms with Crippen molar-refractivity contribution in [3.8, 4) is 0 Å². The van der Waals surface area contributed by atoms with Crippen molar-refractivity contribution in [2.45, 2.75) is 104 Å². The minimum Gasteiger partial charge on any atom is -0.444 e. The second kappa shape index (κ2) is 15.9. The molecule has 0 aliphatic carbocycles. The van der Waals surface area contributed by atoms with Crippen LogP contribution in [0.1, 0.15) is 80.6 Å². The predicted molar refractivity (Wildman–Crippen MR) is 165 cm³/mol. The van der Waals surface area contributed by atoms with Gasteiger partial charge in [-0.2, -0.15) is 0 Å². The van der Waals surface area contributed by atoms with Gasteiger partial charge in [-0.05, 0) is 85.6 Å². The number of unbranched alkanes of at least 4 members (excludes halogenated alkanes) is 2. The Morgan fingerprint density at radius 3 is 1.76 bits per heavy atom. The van der Waals surface area contributed by atoms with Gasteiger partial charge in [0.1, 0.15) is 11.6 Å². The molecule has 0 aliphatic heterocycles. The summed E-state index contributed by atoms with van der Waals surface area (Å²) in [6.45, 7) is 12.5. The Morgan fingerprint density at radius 2 is 1.21 bits per heavy atom. The molecule has 2 atom stereocenters. The first kappa shape index (κ1) is 34.3. The molecule has 4 amide bonds. The zero-order valence-electron chi connectivity index (χ0n) is 25.8. The van der Waals surface area contributed by atoms with Crippen LogP contribution in [-0.2, 0) is 23.9 Å². The number of hydrogen-bond donors (Lipinski definition) is 4. The van der Waals surface area contributed by atoms with E-state index in [2.05, 4.69) is 21.3 Å². The van der Waals surface area contributed by atoms with Crippen LogP contribution in [0.15, 0.2) is 54.6 Å². The SMILES string of the molecule is C[C@@H](OC(C)(C)C)[C@H](NC(=O)OC(C)(C)C)C(=O)Nc1ccccc1NC(=O)CCCCCC(=O)Nc1ccccc1. The van der Waals surface area contributed by atoms with Gasteiger partial charge in [0.25, 0.3) is 0 Å². The van der Waals surface area contributed by atoms with E-state index in [4.69, 9.17) is 9.47 Å². The minimum atomic E-state index is -1.07. The van der Waals surface area contributed by atoms with Gasteiger partial charge in [0.15, 0.2) is 0 Å². The summed E-state index contributed by atoms with van der Waals surface area (Å²) in [6, 6.07) is 15.0. The third-order valence-electron chi connectivity index (χ3n) is 5.79. The maximum Gasteiger partial charge on any atom is 0.408 e. The fourth-order valence-electron chi connectivity index (χ4n) is 4.07. The molecule has 0 saturated heterocycles. The molecular formula is C32H46N4O6. The fraction of sp³-hybridized carbons (Fsp3) is 0.500. The largest absolute Gasteiger partial charge is 0.444 e. The highest BCUT2D eigenvalue weighted by molar-refractivity contribution is 6.02. The van der Waals surface area contributed by atoms with E-state index in [1.54, 1.807) is 52.0 Å². The smallest absolute Gasteiger partial charge is 0.408 e. The van der Waals surface area contributed by atoms with E-state index in [9.17, 15) is 19.2 Å². The van der Waals surface area contributed by atoms with E-state index in [1.165, 1.54) is 0 Å². The summed E-state index contributed by atoms with van der Waals surface area (Å²) in [7, 11) is 0. The highest BCUT2D eigenvalue weighted by Crippen LogP contribution is 2.23. The quantitative estimate of drug-likeness (QED) is 0.206. The number of para-hydroxylation sites is 3. The van der Waals surface area contributed by atoms with Crippen molar-refractivity contribution in [3.05, 3.63) is 54.6 Å². The molecule has 0 fully saturated rings. The Labute approximate surface area is 249 Å². The van der Waals surface area contributed by atoms with E-state index in [0.717, 1.165) is 12.1 Å². The van der Waals surface area contributed by atoms with Crippen molar-refractivity contribution in [1.82, 2.24) is 5.32 Å². The maximum absolute atomic E-state index is 13.4. The fourth-order valence-corrected chi connectivity index (χ4v) is 4.07. The summed E-state index contributed by atoms with van der Waals surface area (Å²) in [4.78, 5) is 50.7. The molecule has 10 heteroatoms. The normalized spacial score (nSPS) is 12.9. The molecule has 42 heavy (non-hydrogen) atoms. The zero-order chi connectivity index (χ0) is 31.3. The van der Waals surface area contributed by atoms with Crippen LogP contribution in [0.3, 0.4) is 0 Å². The van der Waals surface area contributed by atoms with Crippen molar-refractivity contribution >= 4 is 40.9 Å². The molecule has 230 valence electrons. The Balaban J connectivity index is 1.93.